The number of fused-ring (bicyclic) bond motifs is 1. The van der Waals surface area contributed by atoms with Crippen LogP contribution in [0.3, 0.4) is 0 Å². The highest BCUT2D eigenvalue weighted by Crippen LogP contribution is 2.25. The lowest BCUT2D eigenvalue weighted by atomic mass is 9.91. The highest BCUT2D eigenvalue weighted by Gasteiger charge is 2.32. The Balaban J connectivity index is 1.44. The van der Waals surface area contributed by atoms with E-state index in [1.807, 2.05) is 25.1 Å². The molecule has 2 saturated heterocycles. The summed E-state index contributed by atoms with van der Waals surface area (Å²) < 4.78 is 7.14. The summed E-state index contributed by atoms with van der Waals surface area (Å²) in [4.78, 5) is 26.0. The number of rotatable bonds is 3. The van der Waals surface area contributed by atoms with Crippen LogP contribution in [0.25, 0.3) is 11.0 Å². The molecule has 2 aromatic rings. The second kappa shape index (κ2) is 7.40. The maximum Gasteiger partial charge on any atom is 0.239 e. The third-order valence-electron chi connectivity index (χ3n) is 5.63. The minimum Gasteiger partial charge on any atom is -0.381 e. The van der Waals surface area contributed by atoms with Crippen molar-refractivity contribution >= 4 is 22.8 Å². The number of nitrogens with two attached hydrogens (primary N) is 1. The number of carbonyl (C=O) groups is 1. The number of hydrogen-bond acceptors (Lipinski definition) is 7. The standard InChI is InChI=1S/C18H27N7O2/c1-12-21-16-14(11-20-23(16)2)17(22-12)24-5-7-25(8-6-24)18(26)15(19)13-3-9-27-10-4-13/h11,13,15H,3-10,19H2,1-2H3. The maximum atomic E-state index is 12.8. The number of ether oxygens (including phenoxy) is 1. The zero-order valence-corrected chi connectivity index (χ0v) is 16.0. The lowest BCUT2D eigenvalue weighted by Gasteiger charge is -2.38. The van der Waals surface area contributed by atoms with Crippen LogP contribution in [-0.4, -0.2) is 76.0 Å². The van der Waals surface area contributed by atoms with E-state index in [4.69, 9.17) is 10.5 Å². The largest absolute Gasteiger partial charge is 0.381 e. The van der Waals surface area contributed by atoms with E-state index >= 15 is 0 Å². The summed E-state index contributed by atoms with van der Waals surface area (Å²) in [7, 11) is 1.88. The van der Waals surface area contributed by atoms with Gasteiger partial charge in [-0.2, -0.15) is 5.10 Å². The summed E-state index contributed by atoms with van der Waals surface area (Å²) in [5.41, 5.74) is 7.10. The first-order valence-corrected chi connectivity index (χ1v) is 9.58. The Bertz CT molecular complexity index is 822. The molecule has 0 aromatic carbocycles. The summed E-state index contributed by atoms with van der Waals surface area (Å²) in [5.74, 6) is 1.91. The molecule has 0 spiro atoms. The zero-order chi connectivity index (χ0) is 19.0. The zero-order valence-electron chi connectivity index (χ0n) is 16.0. The molecule has 0 radical (unpaired) electrons. The second-order valence-electron chi connectivity index (χ2n) is 7.39. The van der Waals surface area contributed by atoms with Gasteiger partial charge in [-0.3, -0.25) is 9.48 Å². The number of piperazine rings is 1. The Morgan fingerprint density at radius 1 is 1.22 bits per heavy atom. The fraction of sp³-hybridized carbons (Fsp3) is 0.667. The number of nitrogens with zero attached hydrogens (tertiary/aromatic N) is 6. The lowest BCUT2D eigenvalue weighted by Crippen LogP contribution is -2.55. The van der Waals surface area contributed by atoms with Gasteiger partial charge in [0.15, 0.2) is 5.65 Å². The van der Waals surface area contributed by atoms with Crippen molar-refractivity contribution in [2.24, 2.45) is 18.7 Å². The average Bonchev–Trinajstić information content (AvgIpc) is 3.08. The van der Waals surface area contributed by atoms with E-state index in [1.54, 1.807) is 4.68 Å². The van der Waals surface area contributed by atoms with Crippen molar-refractivity contribution in [1.29, 1.82) is 0 Å². The molecule has 146 valence electrons. The molecule has 9 nitrogen and oxygen atoms in total. The van der Waals surface area contributed by atoms with Gasteiger partial charge in [0.2, 0.25) is 5.91 Å². The number of carbonyl (C=O) groups excluding carboxylic acids is 1. The summed E-state index contributed by atoms with van der Waals surface area (Å²) in [6, 6.07) is -0.424. The molecule has 2 aliphatic rings. The Morgan fingerprint density at radius 2 is 1.93 bits per heavy atom. The monoisotopic (exact) mass is 373 g/mol. The van der Waals surface area contributed by atoms with Crippen molar-refractivity contribution in [3.05, 3.63) is 12.0 Å². The SMILES string of the molecule is Cc1nc(N2CCN(C(=O)C(N)C3CCOCC3)CC2)c2cnn(C)c2n1. The summed E-state index contributed by atoms with van der Waals surface area (Å²) in [5, 5.41) is 5.25. The van der Waals surface area contributed by atoms with Crippen molar-refractivity contribution in [2.45, 2.75) is 25.8 Å². The molecule has 1 unspecified atom stereocenters. The van der Waals surface area contributed by atoms with Gasteiger partial charge in [0, 0.05) is 46.4 Å². The lowest BCUT2D eigenvalue weighted by molar-refractivity contribution is -0.135. The van der Waals surface area contributed by atoms with Crippen LogP contribution < -0.4 is 10.6 Å². The summed E-state index contributed by atoms with van der Waals surface area (Å²) in [6.45, 7) is 6.06. The predicted octanol–water partition coefficient (Wildman–Crippen LogP) is 0.0742. The molecule has 9 heteroatoms. The predicted molar refractivity (Wildman–Crippen MR) is 101 cm³/mol. The van der Waals surface area contributed by atoms with Crippen LogP contribution in [0.1, 0.15) is 18.7 Å². The van der Waals surface area contributed by atoms with Gasteiger partial charge in [-0.25, -0.2) is 9.97 Å². The Hall–Kier alpha value is -2.26. The second-order valence-corrected chi connectivity index (χ2v) is 7.39. The molecule has 2 aromatic heterocycles. The first-order valence-electron chi connectivity index (χ1n) is 9.58. The van der Waals surface area contributed by atoms with Crippen molar-refractivity contribution in [3.63, 3.8) is 0 Å². The van der Waals surface area contributed by atoms with E-state index in [9.17, 15) is 4.79 Å². The molecule has 0 aliphatic carbocycles. The fourth-order valence-corrected chi connectivity index (χ4v) is 3.98. The summed E-state index contributed by atoms with van der Waals surface area (Å²) in [6.07, 6.45) is 3.54. The van der Waals surface area contributed by atoms with Gasteiger partial charge in [-0.05, 0) is 25.7 Å². The van der Waals surface area contributed by atoms with Gasteiger partial charge < -0.3 is 20.3 Å². The molecule has 1 atom stereocenters. The van der Waals surface area contributed by atoms with Gasteiger partial charge in [0.25, 0.3) is 0 Å². The maximum absolute atomic E-state index is 12.8. The molecule has 27 heavy (non-hydrogen) atoms. The van der Waals surface area contributed by atoms with Gasteiger partial charge in [-0.15, -0.1) is 0 Å². The van der Waals surface area contributed by atoms with Crippen molar-refractivity contribution < 1.29 is 9.53 Å². The third kappa shape index (κ3) is 3.49. The van der Waals surface area contributed by atoms with Gasteiger partial charge in [0.1, 0.15) is 11.6 Å². The number of amides is 1. The van der Waals surface area contributed by atoms with E-state index in [0.717, 1.165) is 48.6 Å². The molecular formula is C18H27N7O2. The van der Waals surface area contributed by atoms with E-state index in [1.165, 1.54) is 0 Å². The van der Waals surface area contributed by atoms with Crippen molar-refractivity contribution in [2.75, 3.05) is 44.3 Å². The van der Waals surface area contributed by atoms with Crippen LogP contribution in [0.2, 0.25) is 0 Å². The fourth-order valence-electron chi connectivity index (χ4n) is 3.98. The Morgan fingerprint density at radius 3 is 2.63 bits per heavy atom. The van der Waals surface area contributed by atoms with Crippen LogP contribution >= 0.6 is 0 Å². The topological polar surface area (TPSA) is 102 Å². The van der Waals surface area contributed by atoms with Crippen LogP contribution in [0.4, 0.5) is 5.82 Å². The van der Waals surface area contributed by atoms with Gasteiger partial charge in [0.05, 0.1) is 17.6 Å². The minimum absolute atomic E-state index is 0.0620. The number of anilines is 1. The van der Waals surface area contributed by atoms with E-state index in [-0.39, 0.29) is 11.8 Å². The highest BCUT2D eigenvalue weighted by molar-refractivity contribution is 5.87. The average molecular weight is 373 g/mol. The first kappa shape index (κ1) is 18.1. The Labute approximate surface area is 158 Å². The highest BCUT2D eigenvalue weighted by atomic mass is 16.5. The molecule has 2 aliphatic heterocycles. The number of aromatic nitrogens is 4. The quantitative estimate of drug-likeness (QED) is 0.812. The van der Waals surface area contributed by atoms with Crippen LogP contribution in [0, 0.1) is 12.8 Å². The van der Waals surface area contributed by atoms with E-state index in [0.29, 0.717) is 26.3 Å². The molecule has 2 fully saturated rings. The van der Waals surface area contributed by atoms with Crippen molar-refractivity contribution in [3.8, 4) is 0 Å². The number of aryl methyl sites for hydroxylation is 2. The molecule has 4 heterocycles. The van der Waals surface area contributed by atoms with Gasteiger partial charge in [-0.1, -0.05) is 0 Å². The van der Waals surface area contributed by atoms with Crippen LogP contribution in [0.5, 0.6) is 0 Å². The van der Waals surface area contributed by atoms with E-state index in [2.05, 4.69) is 20.0 Å². The number of hydrogen-bond donors (Lipinski definition) is 1. The van der Waals surface area contributed by atoms with Crippen LogP contribution in [-0.2, 0) is 16.6 Å². The molecule has 4 rings (SSSR count). The smallest absolute Gasteiger partial charge is 0.239 e. The molecular weight excluding hydrogens is 346 g/mol. The van der Waals surface area contributed by atoms with Crippen molar-refractivity contribution in [1.82, 2.24) is 24.6 Å². The van der Waals surface area contributed by atoms with Gasteiger partial charge >= 0.3 is 0 Å². The first-order chi connectivity index (χ1) is 13.0. The molecule has 2 N–H and O–H groups in total. The molecule has 1 amide bonds. The molecule has 0 saturated carbocycles. The normalized spacial score (nSPS) is 20.3. The van der Waals surface area contributed by atoms with Crippen LogP contribution in [0.15, 0.2) is 6.20 Å². The third-order valence-corrected chi connectivity index (χ3v) is 5.63. The summed E-state index contributed by atoms with van der Waals surface area (Å²) >= 11 is 0. The Kier molecular flexibility index (Phi) is 4.96. The molecule has 0 bridgehead atoms. The van der Waals surface area contributed by atoms with E-state index < -0.39 is 6.04 Å². The minimum atomic E-state index is -0.424.